The number of anilines is 2. The van der Waals surface area contributed by atoms with Gasteiger partial charge in [-0.15, -0.1) is 0 Å². The third-order valence-corrected chi connectivity index (χ3v) is 2.13. The van der Waals surface area contributed by atoms with E-state index in [1.807, 2.05) is 0 Å². The first-order valence-electron chi connectivity index (χ1n) is 3.69. The number of nitrogens with one attached hydrogen (secondary N) is 1. The van der Waals surface area contributed by atoms with Crippen LogP contribution in [0.2, 0.25) is 5.28 Å². The summed E-state index contributed by atoms with van der Waals surface area (Å²) >= 11 is 5.59. The molecular formula is C7H7ClN4O. The van der Waals surface area contributed by atoms with Crippen LogP contribution in [0, 0.1) is 0 Å². The van der Waals surface area contributed by atoms with Gasteiger partial charge in [-0.2, -0.15) is 4.98 Å². The maximum absolute atomic E-state index is 10.6. The van der Waals surface area contributed by atoms with Crippen molar-refractivity contribution in [2.75, 3.05) is 17.3 Å². The Hall–Kier alpha value is -1.36. The molecule has 6 heteroatoms. The molecule has 13 heavy (non-hydrogen) atoms. The predicted octanol–water partition coefficient (Wildman–Crippen LogP) is 0.517. The number of hydrogen-bond donors (Lipinski definition) is 1. The van der Waals surface area contributed by atoms with Crippen LogP contribution in [-0.4, -0.2) is 29.5 Å². The van der Waals surface area contributed by atoms with E-state index in [-0.39, 0.29) is 11.4 Å². The summed E-state index contributed by atoms with van der Waals surface area (Å²) in [5.41, 5.74) is 0.779. The molecule has 1 aliphatic rings. The zero-order valence-corrected chi connectivity index (χ0v) is 7.62. The van der Waals surface area contributed by atoms with Crippen molar-refractivity contribution in [2.45, 2.75) is 6.17 Å². The quantitative estimate of drug-likeness (QED) is 0.527. The molecule has 0 aliphatic carbocycles. The van der Waals surface area contributed by atoms with Crippen molar-refractivity contribution >= 4 is 29.4 Å². The summed E-state index contributed by atoms with van der Waals surface area (Å²) in [6.07, 6.45) is 2.01. The van der Waals surface area contributed by atoms with Crippen LogP contribution in [0.25, 0.3) is 0 Å². The Labute approximate surface area is 79.7 Å². The lowest BCUT2D eigenvalue weighted by atomic mass is 10.4. The minimum atomic E-state index is -0.372. The summed E-state index contributed by atoms with van der Waals surface area (Å²) < 4.78 is 0. The van der Waals surface area contributed by atoms with Crippen LogP contribution >= 0.6 is 11.6 Å². The lowest BCUT2D eigenvalue weighted by molar-refractivity contribution is -0.108. The summed E-state index contributed by atoms with van der Waals surface area (Å²) in [5, 5.41) is 3.07. The first-order valence-corrected chi connectivity index (χ1v) is 4.07. The van der Waals surface area contributed by atoms with Crippen LogP contribution in [0.15, 0.2) is 6.20 Å². The number of nitrogens with zero attached hydrogens (tertiary/aromatic N) is 3. The molecule has 0 saturated heterocycles. The summed E-state index contributed by atoms with van der Waals surface area (Å²) in [4.78, 5) is 20.1. The van der Waals surface area contributed by atoms with E-state index in [4.69, 9.17) is 11.6 Å². The van der Waals surface area contributed by atoms with Crippen LogP contribution in [0.3, 0.4) is 0 Å². The molecule has 0 spiro atoms. The van der Waals surface area contributed by atoms with Gasteiger partial charge in [-0.1, -0.05) is 0 Å². The fourth-order valence-corrected chi connectivity index (χ4v) is 1.36. The Balaban J connectivity index is 2.43. The number of likely N-dealkylation sites (N-methyl/N-ethyl adjacent to an activating group) is 1. The van der Waals surface area contributed by atoms with Crippen LogP contribution in [0.1, 0.15) is 0 Å². The fraction of sp³-hybridized carbons (Fsp3) is 0.286. The van der Waals surface area contributed by atoms with Crippen LogP contribution < -0.4 is 10.2 Å². The summed E-state index contributed by atoms with van der Waals surface area (Å²) in [5.74, 6) is 0.597. The van der Waals surface area contributed by atoms with Gasteiger partial charge in [-0.05, 0) is 11.6 Å². The fourth-order valence-electron chi connectivity index (χ4n) is 1.23. The average molecular weight is 199 g/mol. The third kappa shape index (κ3) is 1.21. The highest BCUT2D eigenvalue weighted by Crippen LogP contribution is 2.30. The molecule has 1 unspecified atom stereocenters. The van der Waals surface area contributed by atoms with E-state index in [1.54, 1.807) is 18.1 Å². The average Bonchev–Trinajstić information content (AvgIpc) is 2.42. The minimum Gasteiger partial charge on any atom is -0.344 e. The molecule has 0 saturated carbocycles. The molecule has 0 amide bonds. The highest BCUT2D eigenvalue weighted by atomic mass is 35.5. The molecule has 5 nitrogen and oxygen atoms in total. The largest absolute Gasteiger partial charge is 0.344 e. The molecule has 2 rings (SSSR count). The second kappa shape index (κ2) is 2.85. The monoisotopic (exact) mass is 198 g/mol. The molecule has 2 heterocycles. The van der Waals surface area contributed by atoms with Gasteiger partial charge in [0.05, 0.1) is 6.20 Å². The SMILES string of the molecule is CN1c2cnc(Cl)nc2NC1C=O. The Kier molecular flexibility index (Phi) is 1.81. The summed E-state index contributed by atoms with van der Waals surface area (Å²) in [6.45, 7) is 0. The lowest BCUT2D eigenvalue weighted by Gasteiger charge is -2.14. The second-order valence-electron chi connectivity index (χ2n) is 2.71. The Bertz CT molecular complexity index is 356. The summed E-state index contributed by atoms with van der Waals surface area (Å²) in [6, 6.07) is 0. The second-order valence-corrected chi connectivity index (χ2v) is 3.05. The number of carbonyl (C=O) groups is 1. The number of rotatable bonds is 1. The molecule has 0 aromatic carbocycles. The zero-order chi connectivity index (χ0) is 9.42. The first-order chi connectivity index (χ1) is 6.22. The van der Waals surface area contributed by atoms with E-state index in [1.165, 1.54) is 0 Å². The molecule has 0 fully saturated rings. The molecule has 1 aromatic heterocycles. The predicted molar refractivity (Wildman–Crippen MR) is 48.9 cm³/mol. The topological polar surface area (TPSA) is 58.1 Å². The highest BCUT2D eigenvalue weighted by Gasteiger charge is 2.26. The van der Waals surface area contributed by atoms with Crippen LogP contribution in [0.4, 0.5) is 11.5 Å². The van der Waals surface area contributed by atoms with Crippen molar-refractivity contribution in [1.29, 1.82) is 0 Å². The van der Waals surface area contributed by atoms with Gasteiger partial charge < -0.3 is 10.2 Å². The standard InChI is InChI=1S/C7H7ClN4O/c1-12-4-2-9-7(8)11-6(4)10-5(12)3-13/h2-3,5H,1H3,(H,9,10,11). The van der Waals surface area contributed by atoms with Crippen molar-refractivity contribution in [2.24, 2.45) is 0 Å². The van der Waals surface area contributed by atoms with E-state index in [0.29, 0.717) is 5.82 Å². The number of hydrogen-bond acceptors (Lipinski definition) is 5. The number of aromatic nitrogens is 2. The summed E-state index contributed by atoms with van der Waals surface area (Å²) in [7, 11) is 1.79. The van der Waals surface area contributed by atoms with Gasteiger partial charge in [0.15, 0.2) is 18.3 Å². The van der Waals surface area contributed by atoms with Gasteiger partial charge in [0, 0.05) is 7.05 Å². The smallest absolute Gasteiger partial charge is 0.224 e. The number of halogens is 1. The van der Waals surface area contributed by atoms with E-state index < -0.39 is 0 Å². The molecule has 0 radical (unpaired) electrons. The minimum absolute atomic E-state index is 0.172. The highest BCUT2D eigenvalue weighted by molar-refractivity contribution is 6.28. The van der Waals surface area contributed by atoms with E-state index in [9.17, 15) is 4.79 Å². The molecule has 68 valence electrons. The van der Waals surface area contributed by atoms with Crippen LogP contribution in [-0.2, 0) is 4.79 Å². The van der Waals surface area contributed by atoms with Gasteiger partial charge in [-0.25, -0.2) is 4.98 Å². The van der Waals surface area contributed by atoms with E-state index in [0.717, 1.165) is 12.0 Å². The lowest BCUT2D eigenvalue weighted by Crippen LogP contribution is -2.33. The zero-order valence-electron chi connectivity index (χ0n) is 6.86. The van der Waals surface area contributed by atoms with Crippen molar-refractivity contribution in [3.8, 4) is 0 Å². The maximum atomic E-state index is 10.6. The van der Waals surface area contributed by atoms with Crippen molar-refractivity contribution in [1.82, 2.24) is 9.97 Å². The third-order valence-electron chi connectivity index (χ3n) is 1.95. The van der Waals surface area contributed by atoms with Gasteiger partial charge in [0.2, 0.25) is 5.28 Å². The molecule has 1 N–H and O–H groups in total. The van der Waals surface area contributed by atoms with Crippen molar-refractivity contribution in [3.63, 3.8) is 0 Å². The van der Waals surface area contributed by atoms with Crippen molar-refractivity contribution < 1.29 is 4.79 Å². The number of fused-ring (bicyclic) bond motifs is 1. The Morgan fingerprint density at radius 2 is 2.54 bits per heavy atom. The van der Waals surface area contributed by atoms with Crippen molar-refractivity contribution in [3.05, 3.63) is 11.5 Å². The maximum Gasteiger partial charge on any atom is 0.224 e. The molecular weight excluding hydrogens is 192 g/mol. The molecule has 1 aromatic rings. The number of aldehydes is 1. The van der Waals surface area contributed by atoms with Gasteiger partial charge in [0.1, 0.15) is 5.69 Å². The number of carbonyl (C=O) groups excluding carboxylic acids is 1. The Morgan fingerprint density at radius 1 is 1.77 bits per heavy atom. The van der Waals surface area contributed by atoms with Gasteiger partial charge in [0.25, 0.3) is 0 Å². The first kappa shape index (κ1) is 8.25. The van der Waals surface area contributed by atoms with E-state index >= 15 is 0 Å². The molecule has 1 aliphatic heterocycles. The van der Waals surface area contributed by atoms with Gasteiger partial charge in [-0.3, -0.25) is 4.79 Å². The molecule has 0 bridgehead atoms. The van der Waals surface area contributed by atoms with Crippen LogP contribution in [0.5, 0.6) is 0 Å². The normalized spacial score (nSPS) is 19.5. The Morgan fingerprint density at radius 3 is 3.23 bits per heavy atom. The molecule has 1 atom stereocenters. The van der Waals surface area contributed by atoms with Gasteiger partial charge >= 0.3 is 0 Å². The van der Waals surface area contributed by atoms with E-state index in [2.05, 4.69) is 15.3 Å².